The minimum atomic E-state index is -0.153. The molecule has 0 atom stereocenters. The van der Waals surface area contributed by atoms with E-state index < -0.39 is 0 Å². The van der Waals surface area contributed by atoms with Gasteiger partial charge in [-0.3, -0.25) is 4.79 Å². The second kappa shape index (κ2) is 24.7. The van der Waals surface area contributed by atoms with E-state index in [1.807, 2.05) is 0 Å². The molecule has 22 heavy (non-hydrogen) atoms. The van der Waals surface area contributed by atoms with E-state index >= 15 is 0 Å². The van der Waals surface area contributed by atoms with Crippen molar-refractivity contribution in [2.75, 3.05) is 0 Å². The van der Waals surface area contributed by atoms with Gasteiger partial charge in [0, 0.05) is 6.42 Å². The van der Waals surface area contributed by atoms with Crippen LogP contribution < -0.4 is 5.73 Å². The molecule has 0 radical (unpaired) electrons. The van der Waals surface area contributed by atoms with Crippen LogP contribution in [-0.2, 0) is 4.79 Å². The van der Waals surface area contributed by atoms with Gasteiger partial charge in [0.1, 0.15) is 0 Å². The Morgan fingerprint density at radius 1 is 0.591 bits per heavy atom. The van der Waals surface area contributed by atoms with Crippen LogP contribution in [-0.4, -0.2) is 65.0 Å². The number of hydrogen-bond acceptors (Lipinski definition) is 1. The molecule has 1 amide bonds. The fourth-order valence-corrected chi connectivity index (χ4v) is 2.67. The van der Waals surface area contributed by atoms with Crippen molar-refractivity contribution in [3.63, 3.8) is 0 Å². The Morgan fingerprint density at radius 3 is 1.14 bits per heavy atom. The Kier molecular flexibility index (Phi) is 31.8. The molecule has 0 aromatic heterocycles. The molecular formula is C18H39NNa2O. The van der Waals surface area contributed by atoms with Crippen molar-refractivity contribution in [1.29, 1.82) is 0 Å². The molecule has 2 nitrogen and oxygen atoms in total. The summed E-state index contributed by atoms with van der Waals surface area (Å²) < 4.78 is 0. The zero-order chi connectivity index (χ0) is 14.9. The van der Waals surface area contributed by atoms with Gasteiger partial charge in [0.2, 0.25) is 5.91 Å². The summed E-state index contributed by atoms with van der Waals surface area (Å²) >= 11 is 0. The molecule has 2 N–H and O–H groups in total. The van der Waals surface area contributed by atoms with Gasteiger partial charge in [0.15, 0.2) is 0 Å². The first-order valence-electron chi connectivity index (χ1n) is 9.05. The van der Waals surface area contributed by atoms with E-state index in [2.05, 4.69) is 6.92 Å². The van der Waals surface area contributed by atoms with E-state index in [9.17, 15) is 4.79 Å². The van der Waals surface area contributed by atoms with Gasteiger partial charge in [-0.15, -0.1) is 0 Å². The van der Waals surface area contributed by atoms with Gasteiger partial charge in [-0.2, -0.15) is 0 Å². The average Bonchev–Trinajstić information content (AvgIpc) is 2.43. The van der Waals surface area contributed by atoms with E-state index in [0.29, 0.717) is 6.42 Å². The van der Waals surface area contributed by atoms with Crippen molar-refractivity contribution in [3.8, 4) is 0 Å². The van der Waals surface area contributed by atoms with Crippen molar-refractivity contribution in [2.24, 2.45) is 5.73 Å². The van der Waals surface area contributed by atoms with Crippen LogP contribution >= 0.6 is 0 Å². The standard InChI is InChI=1S/C18H37NO.2Na.2H/c1-2-3-4-5-6-7-8-9-10-11-12-13-14-15-16-17-18(19)20;;;;/h2-17H2,1H3,(H2,19,20);;;;. The first-order chi connectivity index (χ1) is 9.77. The number of unbranched alkanes of at least 4 members (excludes halogenated alkanes) is 14. The first kappa shape index (κ1) is 28.3. The second-order valence-corrected chi connectivity index (χ2v) is 6.17. The van der Waals surface area contributed by atoms with E-state index in [4.69, 9.17) is 5.73 Å². The number of amides is 1. The number of hydrogen-bond donors (Lipinski definition) is 1. The Balaban J connectivity index is -0.00000180. The predicted molar refractivity (Wildman–Crippen MR) is 103 cm³/mol. The molecule has 0 aromatic carbocycles. The summed E-state index contributed by atoms with van der Waals surface area (Å²) in [7, 11) is 0. The van der Waals surface area contributed by atoms with Gasteiger partial charge < -0.3 is 5.73 Å². The van der Waals surface area contributed by atoms with Crippen LogP contribution in [0.15, 0.2) is 0 Å². The van der Waals surface area contributed by atoms with Gasteiger partial charge in [-0.1, -0.05) is 96.8 Å². The van der Waals surface area contributed by atoms with E-state index in [1.54, 1.807) is 0 Å². The Morgan fingerprint density at radius 2 is 0.864 bits per heavy atom. The maximum absolute atomic E-state index is 10.6. The number of carbonyl (C=O) groups is 1. The van der Waals surface area contributed by atoms with Crippen molar-refractivity contribution in [3.05, 3.63) is 0 Å². The van der Waals surface area contributed by atoms with Crippen LogP contribution in [0.25, 0.3) is 0 Å². The summed E-state index contributed by atoms with van der Waals surface area (Å²) in [4.78, 5) is 10.6. The van der Waals surface area contributed by atoms with E-state index in [1.165, 1.54) is 89.9 Å². The molecule has 0 aromatic rings. The zero-order valence-corrected chi connectivity index (χ0v) is 13.8. The van der Waals surface area contributed by atoms with E-state index in [0.717, 1.165) is 6.42 Å². The van der Waals surface area contributed by atoms with Crippen LogP contribution in [0.3, 0.4) is 0 Å². The average molecular weight is 331 g/mol. The number of primary amides is 1. The topological polar surface area (TPSA) is 43.1 Å². The SMILES string of the molecule is CCCCCCCCCCCCCCCCCC(N)=O.[NaH].[NaH]. The summed E-state index contributed by atoms with van der Waals surface area (Å²) in [5.74, 6) is -0.153. The third-order valence-corrected chi connectivity index (χ3v) is 4.03. The molecule has 124 valence electrons. The Labute approximate surface area is 183 Å². The van der Waals surface area contributed by atoms with Crippen LogP contribution in [0, 0.1) is 0 Å². The fraction of sp³-hybridized carbons (Fsp3) is 0.944. The number of carbonyl (C=O) groups excluding carboxylic acids is 1. The second-order valence-electron chi connectivity index (χ2n) is 6.17. The summed E-state index contributed by atoms with van der Waals surface area (Å²) in [6.45, 7) is 2.28. The number of nitrogens with two attached hydrogens (primary N) is 1. The molecule has 0 fully saturated rings. The van der Waals surface area contributed by atoms with Gasteiger partial charge in [0.05, 0.1) is 0 Å². The molecule has 0 aliphatic heterocycles. The quantitative estimate of drug-likeness (QED) is 0.330. The molecule has 0 rings (SSSR count). The normalized spacial score (nSPS) is 9.86. The molecule has 0 spiro atoms. The summed E-state index contributed by atoms with van der Waals surface area (Å²) in [6.07, 6.45) is 20.9. The summed E-state index contributed by atoms with van der Waals surface area (Å²) in [5, 5.41) is 0. The van der Waals surface area contributed by atoms with Crippen LogP contribution in [0.2, 0.25) is 0 Å². The van der Waals surface area contributed by atoms with Gasteiger partial charge in [-0.25, -0.2) is 0 Å². The molecule has 0 saturated heterocycles. The van der Waals surface area contributed by atoms with Crippen molar-refractivity contribution >= 4 is 65.0 Å². The summed E-state index contributed by atoms with van der Waals surface area (Å²) in [6, 6.07) is 0. The van der Waals surface area contributed by atoms with Crippen molar-refractivity contribution in [2.45, 2.75) is 110 Å². The molecule has 4 heteroatoms. The van der Waals surface area contributed by atoms with Crippen molar-refractivity contribution in [1.82, 2.24) is 0 Å². The van der Waals surface area contributed by atoms with Gasteiger partial charge in [0.25, 0.3) is 0 Å². The van der Waals surface area contributed by atoms with Crippen molar-refractivity contribution < 1.29 is 4.79 Å². The third-order valence-electron chi connectivity index (χ3n) is 4.03. The van der Waals surface area contributed by atoms with Crippen LogP contribution in [0.5, 0.6) is 0 Å². The molecule has 0 saturated carbocycles. The third kappa shape index (κ3) is 26.4. The first-order valence-corrected chi connectivity index (χ1v) is 9.05. The Bertz CT molecular complexity index is 213. The van der Waals surface area contributed by atoms with Gasteiger partial charge in [-0.05, 0) is 6.42 Å². The molecule has 0 unspecified atom stereocenters. The Hall–Kier alpha value is 1.47. The maximum atomic E-state index is 10.6. The fourth-order valence-electron chi connectivity index (χ4n) is 2.67. The van der Waals surface area contributed by atoms with Gasteiger partial charge >= 0.3 is 59.1 Å². The molecule has 0 heterocycles. The zero-order valence-electron chi connectivity index (χ0n) is 13.8. The number of rotatable bonds is 16. The van der Waals surface area contributed by atoms with Crippen LogP contribution in [0.4, 0.5) is 0 Å². The summed E-state index contributed by atoms with van der Waals surface area (Å²) in [5.41, 5.74) is 5.11. The van der Waals surface area contributed by atoms with E-state index in [-0.39, 0.29) is 65.0 Å². The monoisotopic (exact) mass is 331 g/mol. The molecule has 0 aliphatic carbocycles. The molecule has 0 aliphatic rings. The molecule has 0 bridgehead atoms. The minimum absolute atomic E-state index is 0. The van der Waals surface area contributed by atoms with Crippen LogP contribution in [0.1, 0.15) is 110 Å². The molecular weight excluding hydrogens is 292 g/mol. The predicted octanol–water partition coefficient (Wildman–Crippen LogP) is 4.44.